The summed E-state index contributed by atoms with van der Waals surface area (Å²) in [4.78, 5) is 2.48. The normalized spacial score (nSPS) is 15.8. The molecule has 126 valence electrons. The lowest BCUT2D eigenvalue weighted by Gasteiger charge is -2.17. The summed E-state index contributed by atoms with van der Waals surface area (Å²) in [6.07, 6.45) is 8.86. The highest BCUT2D eigenvalue weighted by molar-refractivity contribution is 4.82. The van der Waals surface area contributed by atoms with Gasteiger partial charge in [0.1, 0.15) is 6.20 Å². The Labute approximate surface area is 135 Å². The van der Waals surface area contributed by atoms with E-state index in [0.29, 0.717) is 6.04 Å². The van der Waals surface area contributed by atoms with Gasteiger partial charge in [-0.3, -0.25) is 4.90 Å². The predicted octanol–water partition coefficient (Wildman–Crippen LogP) is -0.0157. The predicted molar refractivity (Wildman–Crippen MR) is 90.5 cm³/mol. The fourth-order valence-electron chi connectivity index (χ4n) is 2.75. The molecule has 6 heteroatoms. The second-order valence-electron chi connectivity index (χ2n) is 6.50. The Morgan fingerprint density at radius 2 is 2.23 bits per heavy atom. The third-order valence-corrected chi connectivity index (χ3v) is 4.11. The third-order valence-electron chi connectivity index (χ3n) is 4.11. The van der Waals surface area contributed by atoms with Crippen LogP contribution in [-0.4, -0.2) is 62.1 Å². The Kier molecular flexibility index (Phi) is 7.15. The Balaban J connectivity index is 1.63. The van der Waals surface area contributed by atoms with Crippen molar-refractivity contribution in [1.29, 1.82) is 0 Å². The molecule has 0 radical (unpaired) electrons. The zero-order chi connectivity index (χ0) is 15.8. The van der Waals surface area contributed by atoms with Crippen molar-refractivity contribution in [1.82, 2.24) is 20.2 Å². The summed E-state index contributed by atoms with van der Waals surface area (Å²) in [6.45, 7) is 12.2. The van der Waals surface area contributed by atoms with Gasteiger partial charge in [-0.25, -0.2) is 9.58 Å². The Bertz CT molecular complexity index is 411. The molecule has 22 heavy (non-hydrogen) atoms. The van der Waals surface area contributed by atoms with Gasteiger partial charge >= 0.3 is 0 Å². The van der Waals surface area contributed by atoms with E-state index < -0.39 is 0 Å². The van der Waals surface area contributed by atoms with Crippen LogP contribution in [0.3, 0.4) is 0 Å². The van der Waals surface area contributed by atoms with E-state index in [9.17, 15) is 0 Å². The summed E-state index contributed by atoms with van der Waals surface area (Å²) in [5.41, 5.74) is 0. The van der Waals surface area contributed by atoms with Crippen molar-refractivity contribution >= 4 is 0 Å². The first-order chi connectivity index (χ1) is 10.6. The zero-order valence-electron chi connectivity index (χ0n) is 14.5. The van der Waals surface area contributed by atoms with Crippen LogP contribution >= 0.6 is 0 Å². The minimum Gasteiger partial charge on any atom is -0.314 e. The molecule has 0 saturated carbocycles. The van der Waals surface area contributed by atoms with Crippen molar-refractivity contribution < 1.29 is 4.57 Å². The number of hydrogen-bond donors (Lipinski definition) is 2. The van der Waals surface area contributed by atoms with Crippen LogP contribution in [0.2, 0.25) is 0 Å². The van der Waals surface area contributed by atoms with Crippen LogP contribution in [0.4, 0.5) is 0 Å². The average Bonchev–Trinajstić information content (AvgIpc) is 3.14. The molecule has 1 aromatic heterocycles. The highest BCUT2D eigenvalue weighted by Crippen LogP contribution is 1.96. The minimum absolute atomic E-state index is 0.575. The van der Waals surface area contributed by atoms with Crippen LogP contribution in [0.1, 0.15) is 26.7 Å². The first-order valence-corrected chi connectivity index (χ1v) is 8.60. The van der Waals surface area contributed by atoms with Gasteiger partial charge in [-0.05, 0) is 19.4 Å². The molecule has 2 rings (SSSR count). The molecule has 0 amide bonds. The highest BCUT2D eigenvalue weighted by atomic mass is 15.5. The second kappa shape index (κ2) is 9.12. The van der Waals surface area contributed by atoms with Crippen LogP contribution in [0.5, 0.6) is 0 Å². The Morgan fingerprint density at radius 3 is 2.95 bits per heavy atom. The monoisotopic (exact) mass is 309 g/mol. The van der Waals surface area contributed by atoms with E-state index in [1.165, 1.54) is 25.9 Å². The van der Waals surface area contributed by atoms with Crippen molar-refractivity contribution in [2.24, 2.45) is 0 Å². The maximum atomic E-state index is 3.46. The molecule has 1 aliphatic rings. The van der Waals surface area contributed by atoms with Gasteiger partial charge in [-0.15, -0.1) is 4.68 Å². The van der Waals surface area contributed by atoms with Gasteiger partial charge in [0.15, 0.2) is 6.20 Å². The lowest BCUT2D eigenvalue weighted by atomic mass is 10.3. The summed E-state index contributed by atoms with van der Waals surface area (Å²) in [7, 11) is 2.16. The molecular weight excluding hydrogens is 276 g/mol. The first-order valence-electron chi connectivity index (χ1n) is 8.60. The molecule has 0 aliphatic carbocycles. The molecule has 0 atom stereocenters. The standard InChI is InChI=1S/C16H33N6/c1-16(2)18-6-4-9-21-12-13-22(15-21)19(3)8-5-10-20-11-7-17-14-20/h12-13,15-18H,4-11,14H2,1-3H3/q+1. The van der Waals surface area contributed by atoms with Crippen molar-refractivity contribution in [3.05, 3.63) is 18.7 Å². The molecule has 1 fully saturated rings. The maximum Gasteiger partial charge on any atom is 0.267 e. The van der Waals surface area contributed by atoms with Gasteiger partial charge in [0.2, 0.25) is 0 Å². The van der Waals surface area contributed by atoms with E-state index in [2.05, 4.69) is 69.4 Å². The van der Waals surface area contributed by atoms with E-state index in [1.54, 1.807) is 0 Å². The lowest BCUT2D eigenvalue weighted by molar-refractivity contribution is -0.696. The summed E-state index contributed by atoms with van der Waals surface area (Å²) in [6, 6.07) is 0.575. The van der Waals surface area contributed by atoms with Crippen LogP contribution in [0.25, 0.3) is 0 Å². The van der Waals surface area contributed by atoms with Gasteiger partial charge in [-0.1, -0.05) is 13.8 Å². The molecule has 1 aliphatic heterocycles. The molecule has 6 nitrogen and oxygen atoms in total. The van der Waals surface area contributed by atoms with Crippen molar-refractivity contribution in [3.8, 4) is 0 Å². The number of aryl methyl sites for hydroxylation is 1. The summed E-state index contributed by atoms with van der Waals surface area (Å²) in [5.74, 6) is 0. The average molecular weight is 309 g/mol. The first kappa shape index (κ1) is 17.2. The van der Waals surface area contributed by atoms with Gasteiger partial charge in [0, 0.05) is 39.4 Å². The molecule has 1 saturated heterocycles. The van der Waals surface area contributed by atoms with Crippen LogP contribution in [0.15, 0.2) is 18.7 Å². The van der Waals surface area contributed by atoms with E-state index >= 15 is 0 Å². The van der Waals surface area contributed by atoms with Gasteiger partial charge in [0.05, 0.1) is 13.1 Å². The van der Waals surface area contributed by atoms with Gasteiger partial charge in [0.25, 0.3) is 6.33 Å². The molecular formula is C16H33N6+. The Morgan fingerprint density at radius 1 is 1.36 bits per heavy atom. The zero-order valence-corrected chi connectivity index (χ0v) is 14.5. The quantitative estimate of drug-likeness (QED) is 0.471. The number of rotatable bonds is 10. The van der Waals surface area contributed by atoms with E-state index in [4.69, 9.17) is 0 Å². The second-order valence-corrected chi connectivity index (χ2v) is 6.50. The molecule has 0 aromatic carbocycles. The smallest absolute Gasteiger partial charge is 0.267 e. The number of aromatic nitrogens is 2. The summed E-state index contributed by atoms with van der Waals surface area (Å²) >= 11 is 0. The SMILES string of the molecule is CC(C)NCCC[n+]1ccn(N(C)CCCN2CCNC2)c1. The fourth-order valence-corrected chi connectivity index (χ4v) is 2.75. The van der Waals surface area contributed by atoms with Gasteiger partial charge < -0.3 is 10.6 Å². The van der Waals surface area contributed by atoms with Crippen LogP contribution < -0.4 is 20.2 Å². The van der Waals surface area contributed by atoms with Gasteiger partial charge in [-0.2, -0.15) is 0 Å². The third kappa shape index (κ3) is 5.94. The Hall–Kier alpha value is -1.11. The van der Waals surface area contributed by atoms with Crippen molar-refractivity contribution in [3.63, 3.8) is 0 Å². The molecule has 0 bridgehead atoms. The number of nitrogens with one attached hydrogen (secondary N) is 2. The summed E-state index contributed by atoms with van der Waals surface area (Å²) < 4.78 is 4.46. The lowest BCUT2D eigenvalue weighted by Crippen LogP contribution is -2.37. The molecule has 0 unspecified atom stereocenters. The molecule has 1 aromatic rings. The fraction of sp³-hybridized carbons (Fsp3) is 0.812. The van der Waals surface area contributed by atoms with Crippen LogP contribution in [0, 0.1) is 0 Å². The molecule has 2 heterocycles. The molecule has 0 spiro atoms. The molecule has 2 N–H and O–H groups in total. The van der Waals surface area contributed by atoms with E-state index in [0.717, 1.165) is 32.8 Å². The summed E-state index contributed by atoms with van der Waals surface area (Å²) in [5, 5.41) is 9.12. The largest absolute Gasteiger partial charge is 0.314 e. The van der Waals surface area contributed by atoms with Crippen molar-refractivity contribution in [2.75, 3.05) is 51.4 Å². The number of hydrogen-bond acceptors (Lipinski definition) is 4. The van der Waals surface area contributed by atoms with Crippen molar-refractivity contribution in [2.45, 2.75) is 39.3 Å². The topological polar surface area (TPSA) is 39.4 Å². The number of nitrogens with zero attached hydrogens (tertiary/aromatic N) is 4. The number of imidazole rings is 1. The highest BCUT2D eigenvalue weighted by Gasteiger charge is 2.12. The maximum absolute atomic E-state index is 3.46. The van der Waals surface area contributed by atoms with E-state index in [-0.39, 0.29) is 0 Å². The minimum atomic E-state index is 0.575. The van der Waals surface area contributed by atoms with Crippen LogP contribution in [-0.2, 0) is 6.54 Å². The van der Waals surface area contributed by atoms with E-state index in [1.807, 2.05) is 0 Å².